The first kappa shape index (κ1) is 15.5. The van der Waals surface area contributed by atoms with Crippen LogP contribution in [0.3, 0.4) is 0 Å². The maximum atomic E-state index is 13.3. The number of hydrogen-bond acceptors (Lipinski definition) is 6. The molecular formula is C17H14FN5OS. The summed E-state index contributed by atoms with van der Waals surface area (Å²) in [6.45, 7) is 2.00. The van der Waals surface area contributed by atoms with Gasteiger partial charge >= 0.3 is 0 Å². The van der Waals surface area contributed by atoms with E-state index < -0.39 is 0 Å². The number of benzene rings is 2. The van der Waals surface area contributed by atoms with E-state index >= 15 is 0 Å². The number of phenols is 1. The van der Waals surface area contributed by atoms with Crippen molar-refractivity contribution < 1.29 is 9.50 Å². The zero-order chi connectivity index (χ0) is 17.4. The zero-order valence-corrected chi connectivity index (χ0v) is 14.0. The molecule has 2 aromatic heterocycles. The van der Waals surface area contributed by atoms with Crippen LogP contribution in [0.25, 0.3) is 4.96 Å². The largest absolute Gasteiger partial charge is 0.508 e. The lowest BCUT2D eigenvalue weighted by molar-refractivity contribution is 0.475. The van der Waals surface area contributed by atoms with Crippen molar-refractivity contribution in [3.63, 3.8) is 0 Å². The van der Waals surface area contributed by atoms with E-state index in [1.807, 2.05) is 19.1 Å². The van der Waals surface area contributed by atoms with Crippen LogP contribution in [0.2, 0.25) is 0 Å². The Balaban J connectivity index is 1.65. The lowest BCUT2D eigenvalue weighted by Crippen LogP contribution is -2.03. The molecule has 0 saturated carbocycles. The van der Waals surface area contributed by atoms with E-state index in [-0.39, 0.29) is 17.5 Å². The number of fused-ring (bicyclic) bond motifs is 1. The van der Waals surface area contributed by atoms with Gasteiger partial charge in [0.05, 0.1) is 0 Å². The molecule has 4 rings (SSSR count). The standard InChI is InChI=1S/C17H14FN5OS/c1-10(11-5-7-14(24)8-6-11)15-20-21-17-23(15)22-16(25-17)19-13-4-2-3-12(18)9-13/h2-10,24H,1H3,(H,19,22)/t10-/m0/s1. The van der Waals surface area contributed by atoms with Gasteiger partial charge in [0.15, 0.2) is 5.82 Å². The van der Waals surface area contributed by atoms with E-state index in [1.54, 1.807) is 28.8 Å². The van der Waals surface area contributed by atoms with Crippen molar-refractivity contribution in [2.75, 3.05) is 5.32 Å². The lowest BCUT2D eigenvalue weighted by Gasteiger charge is -2.08. The van der Waals surface area contributed by atoms with Crippen LogP contribution in [-0.4, -0.2) is 24.9 Å². The summed E-state index contributed by atoms with van der Waals surface area (Å²) in [5, 5.41) is 26.0. The third-order valence-corrected chi connectivity index (χ3v) is 4.69. The molecule has 0 unspecified atom stereocenters. The number of nitrogens with zero attached hydrogens (tertiary/aromatic N) is 4. The van der Waals surface area contributed by atoms with Crippen molar-refractivity contribution in [3.05, 3.63) is 65.7 Å². The monoisotopic (exact) mass is 355 g/mol. The SMILES string of the molecule is C[C@@H](c1ccc(O)cc1)c1nnc2sc(Nc3cccc(F)c3)nn12. The molecule has 1 atom stereocenters. The first-order valence-electron chi connectivity index (χ1n) is 7.64. The Morgan fingerprint density at radius 3 is 2.72 bits per heavy atom. The molecule has 8 heteroatoms. The van der Waals surface area contributed by atoms with Gasteiger partial charge in [-0.25, -0.2) is 4.39 Å². The molecule has 2 aromatic carbocycles. The molecule has 0 aliphatic heterocycles. The highest BCUT2D eigenvalue weighted by Crippen LogP contribution is 2.28. The summed E-state index contributed by atoms with van der Waals surface area (Å²) in [6, 6.07) is 13.2. The molecule has 0 saturated heterocycles. The Morgan fingerprint density at radius 1 is 1.16 bits per heavy atom. The van der Waals surface area contributed by atoms with Gasteiger partial charge in [0.2, 0.25) is 10.1 Å². The van der Waals surface area contributed by atoms with Gasteiger partial charge in [0.1, 0.15) is 11.6 Å². The summed E-state index contributed by atoms with van der Waals surface area (Å²) in [6.07, 6.45) is 0. The van der Waals surface area contributed by atoms with Gasteiger partial charge in [-0.15, -0.1) is 15.3 Å². The van der Waals surface area contributed by atoms with E-state index in [9.17, 15) is 9.50 Å². The van der Waals surface area contributed by atoms with Gasteiger partial charge in [-0.3, -0.25) is 0 Å². The number of anilines is 2. The number of hydrogen-bond donors (Lipinski definition) is 2. The second-order valence-electron chi connectivity index (χ2n) is 5.61. The molecule has 0 spiro atoms. The second-order valence-corrected chi connectivity index (χ2v) is 6.56. The predicted octanol–water partition coefficient (Wildman–Crippen LogP) is 3.93. The van der Waals surface area contributed by atoms with Crippen molar-refractivity contribution in [1.82, 2.24) is 19.8 Å². The zero-order valence-electron chi connectivity index (χ0n) is 13.2. The Hall–Kier alpha value is -3.00. The molecule has 0 aliphatic rings. The number of aromatic nitrogens is 4. The Morgan fingerprint density at radius 2 is 1.96 bits per heavy atom. The minimum atomic E-state index is -0.311. The molecule has 4 aromatic rings. The summed E-state index contributed by atoms with van der Waals surface area (Å²) in [7, 11) is 0. The molecule has 0 aliphatic carbocycles. The minimum Gasteiger partial charge on any atom is -0.508 e. The molecule has 0 fully saturated rings. The number of aromatic hydroxyl groups is 1. The van der Waals surface area contributed by atoms with Crippen molar-refractivity contribution in [1.29, 1.82) is 0 Å². The first-order chi connectivity index (χ1) is 12.1. The Bertz CT molecular complexity index is 1030. The average Bonchev–Trinajstić information content (AvgIpc) is 3.15. The van der Waals surface area contributed by atoms with Gasteiger partial charge < -0.3 is 10.4 Å². The topological polar surface area (TPSA) is 75.3 Å². The molecule has 2 N–H and O–H groups in total. The minimum absolute atomic E-state index is 0.0419. The van der Waals surface area contributed by atoms with Crippen LogP contribution in [-0.2, 0) is 0 Å². The van der Waals surface area contributed by atoms with E-state index in [0.29, 0.717) is 21.6 Å². The molecule has 0 radical (unpaired) electrons. The molecule has 6 nitrogen and oxygen atoms in total. The van der Waals surface area contributed by atoms with Crippen LogP contribution in [0.15, 0.2) is 48.5 Å². The van der Waals surface area contributed by atoms with Crippen LogP contribution < -0.4 is 5.32 Å². The van der Waals surface area contributed by atoms with E-state index in [0.717, 1.165) is 5.56 Å². The fraction of sp³-hybridized carbons (Fsp3) is 0.118. The molecule has 126 valence electrons. The van der Waals surface area contributed by atoms with Crippen LogP contribution >= 0.6 is 11.3 Å². The van der Waals surface area contributed by atoms with Crippen molar-refractivity contribution >= 4 is 27.1 Å². The van der Waals surface area contributed by atoms with Gasteiger partial charge in [-0.05, 0) is 35.9 Å². The molecule has 2 heterocycles. The third kappa shape index (κ3) is 3.03. The lowest BCUT2D eigenvalue weighted by atomic mass is 10.0. The average molecular weight is 355 g/mol. The van der Waals surface area contributed by atoms with Gasteiger partial charge in [0.25, 0.3) is 0 Å². The fourth-order valence-corrected chi connectivity index (χ4v) is 3.32. The van der Waals surface area contributed by atoms with E-state index in [4.69, 9.17) is 0 Å². The molecule has 0 bridgehead atoms. The summed E-state index contributed by atoms with van der Waals surface area (Å²) in [5.74, 6) is 0.566. The summed E-state index contributed by atoms with van der Waals surface area (Å²) in [4.78, 5) is 0.652. The maximum absolute atomic E-state index is 13.3. The number of halogens is 1. The van der Waals surface area contributed by atoms with Crippen molar-refractivity contribution in [2.45, 2.75) is 12.8 Å². The normalized spacial score (nSPS) is 12.4. The van der Waals surface area contributed by atoms with Crippen LogP contribution in [0.4, 0.5) is 15.2 Å². The molecule has 25 heavy (non-hydrogen) atoms. The highest BCUT2D eigenvalue weighted by molar-refractivity contribution is 7.20. The smallest absolute Gasteiger partial charge is 0.236 e. The third-order valence-electron chi connectivity index (χ3n) is 3.87. The van der Waals surface area contributed by atoms with Crippen molar-refractivity contribution in [2.24, 2.45) is 0 Å². The number of phenolic OH excluding ortho intramolecular Hbond substituents is 1. The van der Waals surface area contributed by atoms with Gasteiger partial charge in [-0.1, -0.05) is 36.5 Å². The summed E-state index contributed by atoms with van der Waals surface area (Å²) < 4.78 is 15.0. The number of rotatable bonds is 4. The maximum Gasteiger partial charge on any atom is 0.236 e. The Kier molecular flexibility index (Phi) is 3.81. The highest BCUT2D eigenvalue weighted by atomic mass is 32.1. The Labute approximate surface area is 146 Å². The van der Waals surface area contributed by atoms with E-state index in [2.05, 4.69) is 20.6 Å². The fourth-order valence-electron chi connectivity index (χ4n) is 2.55. The van der Waals surface area contributed by atoms with Gasteiger partial charge in [0, 0.05) is 11.6 Å². The predicted molar refractivity (Wildman–Crippen MR) is 94.0 cm³/mol. The van der Waals surface area contributed by atoms with Crippen LogP contribution in [0.5, 0.6) is 5.75 Å². The van der Waals surface area contributed by atoms with Crippen molar-refractivity contribution in [3.8, 4) is 5.75 Å². The van der Waals surface area contributed by atoms with Crippen LogP contribution in [0.1, 0.15) is 24.2 Å². The summed E-state index contributed by atoms with van der Waals surface area (Å²) in [5.41, 5.74) is 1.62. The van der Waals surface area contributed by atoms with E-state index in [1.165, 1.54) is 23.5 Å². The number of nitrogens with one attached hydrogen (secondary N) is 1. The second kappa shape index (κ2) is 6.14. The molecular weight excluding hydrogens is 341 g/mol. The highest BCUT2D eigenvalue weighted by Gasteiger charge is 2.19. The van der Waals surface area contributed by atoms with Crippen LogP contribution in [0, 0.1) is 5.82 Å². The first-order valence-corrected chi connectivity index (χ1v) is 8.45. The van der Waals surface area contributed by atoms with Gasteiger partial charge in [-0.2, -0.15) is 4.52 Å². The quantitative estimate of drug-likeness (QED) is 0.580. The summed E-state index contributed by atoms with van der Waals surface area (Å²) >= 11 is 1.34. The molecule has 0 amide bonds.